The number of rotatable bonds is 4. The number of ether oxygens (including phenoxy) is 1. The minimum absolute atomic E-state index is 0.0595. The first-order valence-corrected chi connectivity index (χ1v) is 11.5. The van der Waals surface area contributed by atoms with Gasteiger partial charge in [-0.25, -0.2) is 8.42 Å². The molecule has 2 heterocycles. The van der Waals surface area contributed by atoms with Crippen LogP contribution in [-0.4, -0.2) is 44.4 Å². The number of halogens is 1. The number of methoxy groups -OCH3 is 1. The van der Waals surface area contributed by atoms with Gasteiger partial charge in [0.1, 0.15) is 5.75 Å². The number of likely N-dealkylation sites (tertiary alicyclic amines) is 1. The van der Waals surface area contributed by atoms with Crippen LogP contribution < -0.4 is 4.74 Å². The molecule has 6 nitrogen and oxygen atoms in total. The molecule has 1 fully saturated rings. The summed E-state index contributed by atoms with van der Waals surface area (Å²) in [6.45, 7) is 1.21. The summed E-state index contributed by atoms with van der Waals surface area (Å²) in [4.78, 5) is 19.4. The summed E-state index contributed by atoms with van der Waals surface area (Å²) < 4.78 is 32.5. The Kier molecular flexibility index (Phi) is 5.66. The van der Waals surface area contributed by atoms with Crippen molar-refractivity contribution in [1.29, 1.82) is 0 Å². The van der Waals surface area contributed by atoms with E-state index in [1.807, 2.05) is 0 Å². The van der Waals surface area contributed by atoms with Crippen LogP contribution in [0.1, 0.15) is 29.6 Å². The fourth-order valence-electron chi connectivity index (χ4n) is 3.72. The number of carbonyl (C=O) groups is 1. The lowest BCUT2D eigenvalue weighted by Crippen LogP contribution is -2.36. The van der Waals surface area contributed by atoms with Crippen LogP contribution in [0, 0.1) is 0 Å². The van der Waals surface area contributed by atoms with E-state index in [0.29, 0.717) is 34.8 Å². The summed E-state index contributed by atoms with van der Waals surface area (Å²) in [6.07, 6.45) is 4.23. The molecule has 3 aromatic rings. The van der Waals surface area contributed by atoms with Gasteiger partial charge in [-0.1, -0.05) is 11.6 Å². The number of aromatic nitrogens is 1. The molecule has 0 unspecified atom stereocenters. The molecule has 0 spiro atoms. The van der Waals surface area contributed by atoms with Crippen LogP contribution in [-0.2, 0) is 9.84 Å². The molecule has 1 aliphatic heterocycles. The Hall–Kier alpha value is -2.64. The Morgan fingerprint density at radius 2 is 1.77 bits per heavy atom. The molecule has 0 atom stereocenters. The summed E-state index contributed by atoms with van der Waals surface area (Å²) in [5.74, 6) is 0.220. The average molecular weight is 445 g/mol. The second-order valence-electron chi connectivity index (χ2n) is 7.19. The molecule has 1 aromatic heterocycles. The van der Waals surface area contributed by atoms with Gasteiger partial charge in [0.05, 0.1) is 28.0 Å². The van der Waals surface area contributed by atoms with Gasteiger partial charge >= 0.3 is 0 Å². The maximum atomic E-state index is 13.7. The van der Waals surface area contributed by atoms with Gasteiger partial charge < -0.3 is 9.64 Å². The number of fused-ring (bicyclic) bond motifs is 1. The predicted octanol–water partition coefficient (Wildman–Crippen LogP) is 4.36. The first-order valence-electron chi connectivity index (χ1n) is 9.68. The lowest BCUT2D eigenvalue weighted by atomic mass is 10.1. The van der Waals surface area contributed by atoms with Crippen LogP contribution in [0.4, 0.5) is 0 Å². The van der Waals surface area contributed by atoms with E-state index in [9.17, 15) is 13.2 Å². The Morgan fingerprint density at radius 3 is 2.43 bits per heavy atom. The largest absolute Gasteiger partial charge is 0.497 e. The highest BCUT2D eigenvalue weighted by Gasteiger charge is 2.30. The third-order valence-electron chi connectivity index (χ3n) is 5.29. The smallest absolute Gasteiger partial charge is 0.256 e. The maximum Gasteiger partial charge on any atom is 0.256 e. The Bertz CT molecular complexity index is 1200. The quantitative estimate of drug-likeness (QED) is 0.597. The molecule has 1 aliphatic rings. The number of hydrogen-bond donors (Lipinski definition) is 0. The summed E-state index contributed by atoms with van der Waals surface area (Å²) in [5, 5.41) is 0.708. The lowest BCUT2D eigenvalue weighted by Gasteiger charge is -2.27. The van der Waals surface area contributed by atoms with E-state index in [2.05, 4.69) is 4.98 Å². The topological polar surface area (TPSA) is 76.6 Å². The number of amides is 1. The zero-order valence-corrected chi connectivity index (χ0v) is 18.0. The Balaban J connectivity index is 1.94. The first kappa shape index (κ1) is 20.6. The lowest BCUT2D eigenvalue weighted by molar-refractivity contribution is 0.0720. The molecule has 1 amide bonds. The molecular weight excluding hydrogens is 424 g/mol. The van der Waals surface area contributed by atoms with E-state index in [1.54, 1.807) is 35.2 Å². The van der Waals surface area contributed by atoms with Crippen molar-refractivity contribution < 1.29 is 17.9 Å². The number of sulfone groups is 1. The fraction of sp³-hybridized carbons (Fsp3) is 0.273. The predicted molar refractivity (Wildman–Crippen MR) is 115 cm³/mol. The molecule has 0 saturated carbocycles. The van der Waals surface area contributed by atoms with E-state index in [-0.39, 0.29) is 21.3 Å². The van der Waals surface area contributed by atoms with Gasteiger partial charge in [0.2, 0.25) is 9.84 Å². The van der Waals surface area contributed by atoms with E-state index >= 15 is 0 Å². The normalized spacial score (nSPS) is 14.7. The van der Waals surface area contributed by atoms with Crippen molar-refractivity contribution in [3.05, 3.63) is 59.2 Å². The van der Waals surface area contributed by atoms with E-state index in [1.165, 1.54) is 25.4 Å². The number of piperidine rings is 1. The second kappa shape index (κ2) is 8.24. The van der Waals surface area contributed by atoms with Crippen molar-refractivity contribution in [2.24, 2.45) is 0 Å². The van der Waals surface area contributed by atoms with Crippen molar-refractivity contribution in [1.82, 2.24) is 9.88 Å². The fourth-order valence-corrected chi connectivity index (χ4v) is 5.51. The molecular formula is C22H21ClN2O4S. The van der Waals surface area contributed by atoms with Crippen molar-refractivity contribution in [2.45, 2.75) is 29.1 Å². The molecule has 0 aliphatic carbocycles. The highest BCUT2D eigenvalue weighted by atomic mass is 35.5. The monoisotopic (exact) mass is 444 g/mol. The van der Waals surface area contributed by atoms with Crippen LogP contribution >= 0.6 is 11.6 Å². The van der Waals surface area contributed by atoms with Crippen molar-refractivity contribution in [2.75, 3.05) is 20.2 Å². The summed E-state index contributed by atoms with van der Waals surface area (Å²) in [7, 11) is -2.51. The Labute approximate surface area is 180 Å². The molecule has 4 rings (SSSR count). The molecule has 30 heavy (non-hydrogen) atoms. The zero-order chi connectivity index (χ0) is 21.3. The first-order chi connectivity index (χ1) is 14.4. The molecule has 0 radical (unpaired) electrons. The number of pyridine rings is 1. The minimum Gasteiger partial charge on any atom is -0.497 e. The second-order valence-corrected chi connectivity index (χ2v) is 9.52. The van der Waals surface area contributed by atoms with Gasteiger partial charge in [0.25, 0.3) is 5.91 Å². The van der Waals surface area contributed by atoms with Gasteiger partial charge in [-0.2, -0.15) is 0 Å². The van der Waals surface area contributed by atoms with Crippen molar-refractivity contribution in [3.8, 4) is 5.75 Å². The highest BCUT2D eigenvalue weighted by molar-refractivity contribution is 7.91. The molecule has 0 bridgehead atoms. The number of carbonyl (C=O) groups excluding carboxylic acids is 1. The van der Waals surface area contributed by atoms with Gasteiger partial charge in [-0.05, 0) is 61.7 Å². The van der Waals surface area contributed by atoms with Crippen LogP contribution in [0.3, 0.4) is 0 Å². The average Bonchev–Trinajstić information content (AvgIpc) is 2.78. The van der Waals surface area contributed by atoms with Crippen LogP contribution in [0.2, 0.25) is 5.02 Å². The van der Waals surface area contributed by atoms with Crippen molar-refractivity contribution >= 4 is 38.2 Å². The third-order valence-corrected chi connectivity index (χ3v) is 7.40. The SMILES string of the molecule is COc1ccc(S(=O)(=O)c2c(C(=O)N3CCCCC3)cnc3ccc(Cl)cc23)cc1. The number of hydrogen-bond acceptors (Lipinski definition) is 5. The Morgan fingerprint density at radius 1 is 1.07 bits per heavy atom. The summed E-state index contributed by atoms with van der Waals surface area (Å²) >= 11 is 6.17. The van der Waals surface area contributed by atoms with E-state index < -0.39 is 9.84 Å². The summed E-state index contributed by atoms with van der Waals surface area (Å²) in [6, 6.07) is 10.9. The molecule has 1 saturated heterocycles. The van der Waals surface area contributed by atoms with E-state index in [4.69, 9.17) is 16.3 Å². The zero-order valence-electron chi connectivity index (χ0n) is 16.5. The van der Waals surface area contributed by atoms with Crippen LogP contribution in [0.5, 0.6) is 5.75 Å². The van der Waals surface area contributed by atoms with Crippen LogP contribution in [0.15, 0.2) is 58.5 Å². The summed E-state index contributed by atoms with van der Waals surface area (Å²) in [5.41, 5.74) is 0.532. The minimum atomic E-state index is -4.02. The van der Waals surface area contributed by atoms with Crippen LogP contribution in [0.25, 0.3) is 10.9 Å². The van der Waals surface area contributed by atoms with Gasteiger partial charge in [0, 0.05) is 29.7 Å². The third kappa shape index (κ3) is 3.75. The standard InChI is InChI=1S/C22H21ClN2O4S/c1-29-16-6-8-17(9-7-16)30(27,28)21-18-13-15(23)5-10-20(18)24-14-19(21)22(26)25-11-3-2-4-12-25/h5-10,13-14H,2-4,11-12H2,1H3. The highest BCUT2D eigenvalue weighted by Crippen LogP contribution is 2.33. The molecule has 2 aromatic carbocycles. The van der Waals surface area contributed by atoms with Crippen molar-refractivity contribution in [3.63, 3.8) is 0 Å². The maximum absolute atomic E-state index is 13.7. The molecule has 0 N–H and O–H groups in total. The van der Waals surface area contributed by atoms with Gasteiger partial charge in [0.15, 0.2) is 0 Å². The molecule has 156 valence electrons. The van der Waals surface area contributed by atoms with Gasteiger partial charge in [-0.15, -0.1) is 0 Å². The molecule has 8 heteroatoms. The van der Waals surface area contributed by atoms with Gasteiger partial charge in [-0.3, -0.25) is 9.78 Å². The number of nitrogens with zero attached hydrogens (tertiary/aromatic N) is 2. The number of benzene rings is 2. The van der Waals surface area contributed by atoms with E-state index in [0.717, 1.165) is 19.3 Å².